The predicted molar refractivity (Wildman–Crippen MR) is 85.8 cm³/mol. The Balaban J connectivity index is 1.95. The molecule has 1 aromatic heterocycles. The highest BCUT2D eigenvalue weighted by Crippen LogP contribution is 2.26. The largest absolute Gasteiger partial charge is 0.506 e. The Morgan fingerprint density at radius 1 is 1.04 bits per heavy atom. The first-order valence-corrected chi connectivity index (χ1v) is 7.11. The Kier molecular flexibility index (Phi) is 4.25. The minimum absolute atomic E-state index is 0.188. The molecule has 6 nitrogen and oxygen atoms in total. The number of phenols is 1. The average Bonchev–Trinajstić information content (AvgIpc) is 2.59. The number of nitrogens with zero attached hydrogens (tertiary/aromatic N) is 2. The molecule has 2 aromatic carbocycles. The van der Waals surface area contributed by atoms with Crippen molar-refractivity contribution in [3.8, 4) is 11.4 Å². The Bertz CT molecular complexity index is 981. The lowest BCUT2D eigenvalue weighted by atomic mass is 10.2. The summed E-state index contributed by atoms with van der Waals surface area (Å²) in [6.07, 6.45) is 0. The average molecular weight is 343 g/mol. The topological polar surface area (TPSA) is 84.2 Å². The molecule has 1 heterocycles. The van der Waals surface area contributed by atoms with Gasteiger partial charge in [0.1, 0.15) is 22.9 Å². The van der Waals surface area contributed by atoms with E-state index in [1.807, 2.05) is 0 Å². The van der Waals surface area contributed by atoms with Crippen LogP contribution in [0, 0.1) is 11.6 Å². The first-order valence-electron chi connectivity index (χ1n) is 7.11. The van der Waals surface area contributed by atoms with Crippen molar-refractivity contribution >= 4 is 11.6 Å². The number of para-hydroxylation sites is 1. The number of carbonyl (C=O) groups is 1. The summed E-state index contributed by atoms with van der Waals surface area (Å²) in [6, 6.07) is 10.8. The number of amides is 1. The van der Waals surface area contributed by atoms with E-state index in [0.29, 0.717) is 0 Å². The van der Waals surface area contributed by atoms with Crippen LogP contribution >= 0.6 is 0 Å². The van der Waals surface area contributed by atoms with Gasteiger partial charge in [0, 0.05) is 6.07 Å². The maximum Gasteiger partial charge on any atom is 0.276 e. The fourth-order valence-corrected chi connectivity index (χ4v) is 2.11. The predicted octanol–water partition coefficient (Wildman–Crippen LogP) is 2.47. The van der Waals surface area contributed by atoms with Gasteiger partial charge in [-0.25, -0.2) is 8.78 Å². The highest BCUT2D eigenvalue weighted by molar-refractivity contribution is 6.03. The third kappa shape index (κ3) is 3.37. The lowest BCUT2D eigenvalue weighted by Gasteiger charge is -2.09. The van der Waals surface area contributed by atoms with Gasteiger partial charge in [-0.2, -0.15) is 9.78 Å². The van der Waals surface area contributed by atoms with E-state index in [4.69, 9.17) is 0 Å². The second-order valence-corrected chi connectivity index (χ2v) is 5.03. The highest BCUT2D eigenvalue weighted by Gasteiger charge is 2.15. The Morgan fingerprint density at radius 3 is 2.44 bits per heavy atom. The highest BCUT2D eigenvalue weighted by atomic mass is 19.1. The molecule has 0 bridgehead atoms. The van der Waals surface area contributed by atoms with Gasteiger partial charge in [0.05, 0.1) is 5.69 Å². The maximum atomic E-state index is 13.7. The summed E-state index contributed by atoms with van der Waals surface area (Å²) in [7, 11) is 0. The quantitative estimate of drug-likeness (QED) is 0.716. The van der Waals surface area contributed by atoms with E-state index in [9.17, 15) is 23.5 Å². The van der Waals surface area contributed by atoms with Gasteiger partial charge in [-0.1, -0.05) is 6.07 Å². The summed E-state index contributed by atoms with van der Waals surface area (Å²) in [5.74, 6) is -2.57. The van der Waals surface area contributed by atoms with Gasteiger partial charge in [0.2, 0.25) is 0 Å². The molecule has 0 aliphatic heterocycles. The van der Waals surface area contributed by atoms with Crippen molar-refractivity contribution in [3.63, 3.8) is 0 Å². The molecule has 0 aliphatic carbocycles. The van der Waals surface area contributed by atoms with Crippen LogP contribution in [0.4, 0.5) is 14.5 Å². The van der Waals surface area contributed by atoms with Crippen LogP contribution in [0.3, 0.4) is 0 Å². The number of hydrogen-bond acceptors (Lipinski definition) is 4. The fraction of sp³-hybridized carbons (Fsp3) is 0. The van der Waals surface area contributed by atoms with Crippen molar-refractivity contribution in [1.29, 1.82) is 0 Å². The van der Waals surface area contributed by atoms with Crippen molar-refractivity contribution in [3.05, 3.63) is 82.3 Å². The number of carbonyl (C=O) groups excluding carboxylic acids is 1. The monoisotopic (exact) mass is 343 g/mol. The molecule has 8 heteroatoms. The Labute approximate surface area is 140 Å². The molecule has 2 N–H and O–H groups in total. The van der Waals surface area contributed by atoms with Crippen molar-refractivity contribution in [1.82, 2.24) is 9.78 Å². The molecule has 0 atom stereocenters. The number of phenolic OH excluding ortho intramolecular Hbond substituents is 1. The third-order valence-electron chi connectivity index (χ3n) is 3.33. The zero-order valence-corrected chi connectivity index (χ0v) is 12.6. The fourth-order valence-electron chi connectivity index (χ4n) is 2.11. The van der Waals surface area contributed by atoms with Crippen LogP contribution in [-0.4, -0.2) is 20.8 Å². The summed E-state index contributed by atoms with van der Waals surface area (Å²) in [4.78, 5) is 24.2. The SMILES string of the molecule is O=C(Nc1c(O)cccc1F)c1ccc(=O)n(-c2ccc(F)cc2)n1. The Hall–Kier alpha value is -3.55. The molecular formula is C17H11F2N3O3. The van der Waals surface area contributed by atoms with E-state index in [1.165, 1.54) is 24.3 Å². The molecule has 0 fully saturated rings. The van der Waals surface area contributed by atoms with Gasteiger partial charge in [-0.15, -0.1) is 0 Å². The first-order chi connectivity index (χ1) is 12.0. The summed E-state index contributed by atoms with van der Waals surface area (Å²) in [5, 5.41) is 15.7. The van der Waals surface area contributed by atoms with E-state index in [1.54, 1.807) is 0 Å². The van der Waals surface area contributed by atoms with Crippen molar-refractivity contribution < 1.29 is 18.7 Å². The lowest BCUT2D eigenvalue weighted by Crippen LogP contribution is -2.25. The van der Waals surface area contributed by atoms with Crippen molar-refractivity contribution in [2.24, 2.45) is 0 Å². The normalized spacial score (nSPS) is 10.5. The number of halogens is 2. The van der Waals surface area contributed by atoms with Crippen molar-refractivity contribution in [2.75, 3.05) is 5.32 Å². The number of hydrogen-bond donors (Lipinski definition) is 2. The molecule has 3 aromatic rings. The van der Waals surface area contributed by atoms with Gasteiger partial charge in [-0.05, 0) is 42.5 Å². The van der Waals surface area contributed by atoms with Crippen LogP contribution in [0.5, 0.6) is 5.75 Å². The van der Waals surface area contributed by atoms with E-state index < -0.39 is 34.5 Å². The van der Waals surface area contributed by atoms with Gasteiger partial charge in [0.25, 0.3) is 11.5 Å². The summed E-state index contributed by atoms with van der Waals surface area (Å²) in [5.41, 5.74) is -0.855. The summed E-state index contributed by atoms with van der Waals surface area (Å²) in [6.45, 7) is 0. The molecule has 0 aliphatic rings. The van der Waals surface area contributed by atoms with Crippen LogP contribution in [0.1, 0.15) is 10.5 Å². The van der Waals surface area contributed by atoms with E-state index >= 15 is 0 Å². The minimum atomic E-state index is -0.823. The molecular weight excluding hydrogens is 332 g/mol. The molecule has 0 spiro atoms. The lowest BCUT2D eigenvalue weighted by molar-refractivity contribution is 0.101. The first kappa shape index (κ1) is 16.3. The zero-order valence-electron chi connectivity index (χ0n) is 12.6. The molecule has 0 unspecified atom stereocenters. The zero-order chi connectivity index (χ0) is 18.0. The number of anilines is 1. The molecule has 126 valence electrons. The maximum absolute atomic E-state index is 13.7. The summed E-state index contributed by atoms with van der Waals surface area (Å²) >= 11 is 0. The second-order valence-electron chi connectivity index (χ2n) is 5.03. The number of aromatic nitrogens is 2. The van der Waals surface area contributed by atoms with Crippen LogP contribution in [0.2, 0.25) is 0 Å². The van der Waals surface area contributed by atoms with Crippen molar-refractivity contribution in [2.45, 2.75) is 0 Å². The van der Waals surface area contributed by atoms with E-state index in [0.717, 1.165) is 35.0 Å². The third-order valence-corrected chi connectivity index (χ3v) is 3.33. The Morgan fingerprint density at radius 2 is 1.76 bits per heavy atom. The van der Waals surface area contributed by atoms with Crippen LogP contribution in [0.15, 0.2) is 59.4 Å². The molecule has 0 saturated heterocycles. The van der Waals surface area contributed by atoms with E-state index in [-0.39, 0.29) is 11.4 Å². The van der Waals surface area contributed by atoms with Gasteiger partial charge < -0.3 is 10.4 Å². The van der Waals surface area contributed by atoms with Gasteiger partial charge in [-0.3, -0.25) is 9.59 Å². The van der Waals surface area contributed by atoms with Crippen LogP contribution in [0.25, 0.3) is 5.69 Å². The second kappa shape index (κ2) is 6.52. The number of benzene rings is 2. The van der Waals surface area contributed by atoms with Gasteiger partial charge >= 0.3 is 0 Å². The molecule has 1 amide bonds. The molecule has 3 rings (SSSR count). The van der Waals surface area contributed by atoms with Crippen LogP contribution < -0.4 is 10.9 Å². The standard InChI is InChI=1S/C17H11F2N3O3/c18-10-4-6-11(7-5-10)22-15(24)9-8-13(21-22)17(25)20-16-12(19)2-1-3-14(16)23/h1-9,23H,(H,20,25). The number of nitrogens with one attached hydrogen (secondary N) is 1. The number of rotatable bonds is 3. The molecule has 0 radical (unpaired) electrons. The molecule has 25 heavy (non-hydrogen) atoms. The van der Waals surface area contributed by atoms with E-state index in [2.05, 4.69) is 10.4 Å². The number of aromatic hydroxyl groups is 1. The smallest absolute Gasteiger partial charge is 0.276 e. The molecule has 0 saturated carbocycles. The summed E-state index contributed by atoms with van der Waals surface area (Å²) < 4.78 is 27.6. The van der Waals surface area contributed by atoms with Gasteiger partial charge in [0.15, 0.2) is 5.82 Å². The minimum Gasteiger partial charge on any atom is -0.506 e. The van der Waals surface area contributed by atoms with Crippen LogP contribution in [-0.2, 0) is 0 Å².